The molecule has 2 aliphatic carbocycles. The highest BCUT2D eigenvalue weighted by Crippen LogP contribution is 2.56. The van der Waals surface area contributed by atoms with Crippen LogP contribution in [0, 0.1) is 17.8 Å². The van der Waals surface area contributed by atoms with Gasteiger partial charge in [-0.25, -0.2) is 0 Å². The second kappa shape index (κ2) is 2.85. The molecular weight excluding hydrogens is 218 g/mol. The van der Waals surface area contributed by atoms with E-state index in [9.17, 15) is 9.59 Å². The maximum absolute atomic E-state index is 12.2. The normalized spacial score (nSPS) is 51.5. The van der Waals surface area contributed by atoms with E-state index >= 15 is 0 Å². The number of carbonyl (C=O) groups excluding carboxylic acids is 2. The zero-order valence-corrected chi connectivity index (χ0v) is 10.0. The molecule has 4 fully saturated rings. The molecule has 2 heterocycles. The molecule has 4 heteroatoms. The number of fused-ring (bicyclic) bond motifs is 7. The zero-order valence-electron chi connectivity index (χ0n) is 10.0. The lowest BCUT2D eigenvalue weighted by Crippen LogP contribution is -2.62. The average molecular weight is 235 g/mol. The van der Waals surface area contributed by atoms with Gasteiger partial charge in [0, 0.05) is 12.8 Å². The zero-order chi connectivity index (χ0) is 11.8. The van der Waals surface area contributed by atoms with Crippen LogP contribution in [0.4, 0.5) is 0 Å². The lowest BCUT2D eigenvalue weighted by atomic mass is 9.81. The first-order chi connectivity index (χ1) is 8.10. The van der Waals surface area contributed by atoms with Gasteiger partial charge in [0.05, 0.1) is 12.0 Å². The number of rotatable bonds is 0. The molecule has 5 atom stereocenters. The molecule has 0 aromatic rings. The molecule has 2 saturated heterocycles. The Hall–Kier alpha value is -1.06. The fraction of sp³-hybridized carbons (Fsp3) is 0.846. The van der Waals surface area contributed by atoms with Crippen LogP contribution in [0.2, 0.25) is 0 Å². The van der Waals surface area contributed by atoms with Crippen LogP contribution in [0.25, 0.3) is 0 Å². The Labute approximate surface area is 100 Å². The highest BCUT2D eigenvalue weighted by Gasteiger charge is 2.64. The highest BCUT2D eigenvalue weighted by molar-refractivity contribution is 5.85. The third-order valence-electron chi connectivity index (χ3n) is 5.34. The van der Waals surface area contributed by atoms with Crippen LogP contribution in [-0.2, 0) is 14.3 Å². The second-order valence-electron chi connectivity index (χ2n) is 6.21. The largest absolute Gasteiger partial charge is 0.439 e. The Balaban J connectivity index is 1.80. The summed E-state index contributed by atoms with van der Waals surface area (Å²) in [4.78, 5) is 26.2. The summed E-state index contributed by atoms with van der Waals surface area (Å²) in [5, 5.41) is 0. The van der Waals surface area contributed by atoms with E-state index in [4.69, 9.17) is 4.74 Å². The maximum atomic E-state index is 12.2. The van der Waals surface area contributed by atoms with Crippen molar-refractivity contribution in [2.75, 3.05) is 0 Å². The monoisotopic (exact) mass is 235 g/mol. The van der Waals surface area contributed by atoms with E-state index < -0.39 is 5.72 Å². The first kappa shape index (κ1) is 9.92. The number of hydrogen-bond donors (Lipinski definition) is 0. The molecule has 1 amide bonds. The van der Waals surface area contributed by atoms with Crippen LogP contribution >= 0.6 is 0 Å². The Morgan fingerprint density at radius 3 is 2.88 bits per heavy atom. The summed E-state index contributed by atoms with van der Waals surface area (Å²) in [5.41, 5.74) is -0.639. The van der Waals surface area contributed by atoms with Crippen molar-refractivity contribution in [2.45, 2.75) is 50.8 Å². The van der Waals surface area contributed by atoms with Crippen LogP contribution in [0.1, 0.15) is 39.0 Å². The standard InChI is InChI=1S/C13H17NO3/c1-13-5-4-9(15)14(13)11-8-3-2-7(6-8)10(11)12(16)17-13/h7-8,10-11H,2-6H2,1H3/t7-,8+,10+,11-,13-/m0/s1. The van der Waals surface area contributed by atoms with Crippen LogP contribution in [-0.4, -0.2) is 28.5 Å². The molecule has 4 nitrogen and oxygen atoms in total. The number of carbonyl (C=O) groups is 2. The van der Waals surface area contributed by atoms with Crippen molar-refractivity contribution < 1.29 is 14.3 Å². The van der Waals surface area contributed by atoms with Crippen molar-refractivity contribution in [2.24, 2.45) is 17.8 Å². The quantitative estimate of drug-likeness (QED) is 0.594. The van der Waals surface area contributed by atoms with Crippen LogP contribution in [0.5, 0.6) is 0 Å². The van der Waals surface area contributed by atoms with Gasteiger partial charge in [-0.15, -0.1) is 0 Å². The van der Waals surface area contributed by atoms with Gasteiger partial charge >= 0.3 is 5.97 Å². The van der Waals surface area contributed by atoms with Gasteiger partial charge in [0.25, 0.3) is 0 Å². The van der Waals surface area contributed by atoms with E-state index in [-0.39, 0.29) is 23.8 Å². The van der Waals surface area contributed by atoms with Gasteiger partial charge in [-0.3, -0.25) is 9.59 Å². The van der Waals surface area contributed by atoms with Gasteiger partial charge in [0.1, 0.15) is 0 Å². The van der Waals surface area contributed by atoms with E-state index in [0.29, 0.717) is 24.7 Å². The number of hydrogen-bond acceptors (Lipinski definition) is 3. The smallest absolute Gasteiger partial charge is 0.313 e. The summed E-state index contributed by atoms with van der Waals surface area (Å²) in [7, 11) is 0. The van der Waals surface area contributed by atoms with Crippen molar-refractivity contribution >= 4 is 11.9 Å². The SMILES string of the molecule is C[C@]12CCC(=O)N1[C@H]1[C@@H]3CC[C@@H](C3)[C@H]1C(=O)O2. The molecule has 0 unspecified atom stereocenters. The second-order valence-corrected chi connectivity index (χ2v) is 6.21. The van der Waals surface area contributed by atoms with Gasteiger partial charge in [0.15, 0.2) is 5.72 Å². The van der Waals surface area contributed by atoms with E-state index in [1.165, 1.54) is 6.42 Å². The van der Waals surface area contributed by atoms with Gasteiger partial charge in [-0.05, 0) is 38.0 Å². The van der Waals surface area contributed by atoms with Crippen molar-refractivity contribution in [3.8, 4) is 0 Å². The van der Waals surface area contributed by atoms with E-state index in [1.54, 1.807) is 0 Å². The number of nitrogens with zero attached hydrogens (tertiary/aromatic N) is 1. The molecule has 2 bridgehead atoms. The van der Waals surface area contributed by atoms with Gasteiger partial charge in [0.2, 0.25) is 5.91 Å². The number of esters is 1. The van der Waals surface area contributed by atoms with Crippen LogP contribution in [0.3, 0.4) is 0 Å². The molecule has 4 aliphatic rings. The Bertz CT molecular complexity index is 421. The first-order valence-electron chi connectivity index (χ1n) is 6.65. The highest BCUT2D eigenvalue weighted by atomic mass is 16.6. The third kappa shape index (κ3) is 1.04. The number of amides is 1. The summed E-state index contributed by atoms with van der Waals surface area (Å²) in [6.45, 7) is 1.90. The van der Waals surface area contributed by atoms with Gasteiger partial charge < -0.3 is 9.64 Å². The average Bonchev–Trinajstić information content (AvgIpc) is 2.92. The van der Waals surface area contributed by atoms with Crippen molar-refractivity contribution in [1.82, 2.24) is 4.90 Å². The maximum Gasteiger partial charge on any atom is 0.313 e. The molecule has 4 rings (SSSR count). The fourth-order valence-electron chi connectivity index (χ4n) is 4.67. The van der Waals surface area contributed by atoms with Gasteiger partial charge in [-0.1, -0.05) is 0 Å². The number of ether oxygens (including phenoxy) is 1. The Morgan fingerprint density at radius 1 is 1.29 bits per heavy atom. The summed E-state index contributed by atoms with van der Waals surface area (Å²) < 4.78 is 5.60. The van der Waals surface area contributed by atoms with Crippen molar-refractivity contribution in [1.29, 1.82) is 0 Å². The molecule has 2 saturated carbocycles. The molecule has 0 radical (unpaired) electrons. The molecule has 0 spiro atoms. The van der Waals surface area contributed by atoms with E-state index in [2.05, 4.69) is 0 Å². The van der Waals surface area contributed by atoms with Crippen molar-refractivity contribution in [3.05, 3.63) is 0 Å². The van der Waals surface area contributed by atoms with Gasteiger partial charge in [-0.2, -0.15) is 0 Å². The van der Waals surface area contributed by atoms with E-state index in [0.717, 1.165) is 12.8 Å². The lowest BCUT2D eigenvalue weighted by Gasteiger charge is -2.49. The third-order valence-corrected chi connectivity index (χ3v) is 5.34. The van der Waals surface area contributed by atoms with E-state index in [1.807, 2.05) is 11.8 Å². The minimum Gasteiger partial charge on any atom is -0.439 e. The summed E-state index contributed by atoms with van der Waals surface area (Å²) >= 11 is 0. The molecule has 0 aromatic carbocycles. The molecule has 17 heavy (non-hydrogen) atoms. The Kier molecular flexibility index (Phi) is 1.66. The fourth-order valence-corrected chi connectivity index (χ4v) is 4.67. The van der Waals surface area contributed by atoms with Crippen molar-refractivity contribution in [3.63, 3.8) is 0 Å². The lowest BCUT2D eigenvalue weighted by molar-refractivity contribution is -0.213. The minimum absolute atomic E-state index is 0.0242. The predicted octanol–water partition coefficient (Wildman–Crippen LogP) is 1.30. The Morgan fingerprint density at radius 2 is 2.06 bits per heavy atom. The topological polar surface area (TPSA) is 46.6 Å². The molecule has 0 aromatic heterocycles. The molecule has 2 aliphatic heterocycles. The molecule has 92 valence electrons. The summed E-state index contributed by atoms with van der Waals surface area (Å²) in [6, 6.07) is 0.148. The molecular formula is C13H17NO3. The van der Waals surface area contributed by atoms with Crippen LogP contribution in [0.15, 0.2) is 0 Å². The molecule has 0 N–H and O–H groups in total. The first-order valence-corrected chi connectivity index (χ1v) is 6.65. The summed E-state index contributed by atoms with van der Waals surface area (Å²) in [6.07, 6.45) is 4.63. The minimum atomic E-state index is -0.639. The van der Waals surface area contributed by atoms with Crippen LogP contribution < -0.4 is 0 Å². The predicted molar refractivity (Wildman–Crippen MR) is 58.7 cm³/mol. The summed E-state index contributed by atoms with van der Waals surface area (Å²) in [5.74, 6) is 1.12.